The number of hydrogen-bond donors (Lipinski definition) is 2. The number of carbonyl (C=O) groups is 1. The Morgan fingerprint density at radius 3 is 2.23 bits per heavy atom. The largest absolute Gasteiger partial charge is 0.310 e. The van der Waals surface area contributed by atoms with Gasteiger partial charge in [-0.3, -0.25) is 4.79 Å². The van der Waals surface area contributed by atoms with E-state index in [0.717, 1.165) is 43.2 Å². The van der Waals surface area contributed by atoms with E-state index in [-0.39, 0.29) is 10.8 Å². The number of halogens is 1. The number of pyridine rings is 1. The Labute approximate surface area is 188 Å². The van der Waals surface area contributed by atoms with Crippen LogP contribution in [0.25, 0.3) is 11.3 Å². The lowest BCUT2D eigenvalue weighted by Crippen LogP contribution is -2.42. The van der Waals surface area contributed by atoms with Crippen molar-refractivity contribution < 1.29 is 13.2 Å². The van der Waals surface area contributed by atoms with Crippen LogP contribution in [0.1, 0.15) is 37.7 Å². The van der Waals surface area contributed by atoms with Crippen LogP contribution in [0, 0.1) is 0 Å². The lowest BCUT2D eigenvalue weighted by atomic mass is 9.68. The van der Waals surface area contributed by atoms with Crippen LogP contribution in [0.4, 0.5) is 5.82 Å². The molecule has 7 heteroatoms. The molecule has 1 fully saturated rings. The van der Waals surface area contributed by atoms with Gasteiger partial charge in [-0.1, -0.05) is 61.2 Å². The molecule has 1 aliphatic rings. The Bertz CT molecular complexity index is 1140. The van der Waals surface area contributed by atoms with Gasteiger partial charge in [0.25, 0.3) is 0 Å². The number of aromatic nitrogens is 1. The van der Waals surface area contributed by atoms with Crippen LogP contribution >= 0.6 is 11.6 Å². The summed E-state index contributed by atoms with van der Waals surface area (Å²) in [4.78, 5) is 18.3. The summed E-state index contributed by atoms with van der Waals surface area (Å²) in [7, 11) is -2.62. The summed E-state index contributed by atoms with van der Waals surface area (Å²) in [6, 6.07) is 19.5. The van der Waals surface area contributed by atoms with E-state index in [1.165, 1.54) is 0 Å². The van der Waals surface area contributed by atoms with Crippen LogP contribution in [0.2, 0.25) is 5.02 Å². The van der Waals surface area contributed by atoms with Gasteiger partial charge in [0, 0.05) is 10.6 Å². The molecule has 0 saturated heterocycles. The van der Waals surface area contributed by atoms with E-state index in [4.69, 9.17) is 11.6 Å². The summed E-state index contributed by atoms with van der Waals surface area (Å²) < 4.78 is 22.2. The fourth-order valence-corrected chi connectivity index (χ4v) is 4.74. The van der Waals surface area contributed by atoms with Gasteiger partial charge in [-0.25, -0.2) is 13.4 Å². The van der Waals surface area contributed by atoms with E-state index in [0.29, 0.717) is 16.5 Å². The predicted molar refractivity (Wildman–Crippen MR) is 123 cm³/mol. The van der Waals surface area contributed by atoms with E-state index in [9.17, 15) is 13.2 Å². The second-order valence-electron chi connectivity index (χ2n) is 7.82. The first-order valence-corrected chi connectivity index (χ1v) is 11.8. The monoisotopic (exact) mass is 454 g/mol. The molecule has 1 heterocycles. The molecule has 5 nitrogen and oxygen atoms in total. The van der Waals surface area contributed by atoms with E-state index in [2.05, 4.69) is 10.3 Å². The molecule has 0 radical (unpaired) electrons. The Balaban J connectivity index is 1.61. The van der Waals surface area contributed by atoms with Crippen LogP contribution in [-0.2, 0) is 20.9 Å². The van der Waals surface area contributed by atoms with Crippen molar-refractivity contribution in [3.05, 3.63) is 77.3 Å². The van der Waals surface area contributed by atoms with Gasteiger partial charge < -0.3 is 5.32 Å². The number of anilines is 1. The number of benzene rings is 2. The van der Waals surface area contributed by atoms with Crippen LogP contribution in [0.5, 0.6) is 0 Å². The number of thiol groups is 1. The normalized spacial score (nSPS) is 15.5. The van der Waals surface area contributed by atoms with E-state index in [1.807, 2.05) is 36.4 Å². The second kappa shape index (κ2) is 9.20. The summed E-state index contributed by atoms with van der Waals surface area (Å²) >= 11 is 6.06. The van der Waals surface area contributed by atoms with Gasteiger partial charge in [-0.2, -0.15) is 0 Å². The SMILES string of the molecule is O=C(Nc1cccc(-c2ccc([SH](=O)=O)cc2)n1)C1(c2ccc(Cl)cc2)CCCCC1. The maximum absolute atomic E-state index is 13.5. The van der Waals surface area contributed by atoms with Crippen LogP contribution in [0.3, 0.4) is 0 Å². The standard InChI is InChI=1S/C24H23ClN2O3S/c25-19-11-9-18(10-12-19)24(15-2-1-3-16-24)23(28)27-22-6-4-5-21(26-22)17-7-13-20(14-8-17)31(29)30/h4-14,31H,1-3,15-16H2,(H,26,27,28). The van der Waals surface area contributed by atoms with E-state index in [1.54, 1.807) is 30.3 Å². The molecular formula is C24H23ClN2O3S. The average Bonchev–Trinajstić information content (AvgIpc) is 2.80. The Hall–Kier alpha value is -2.70. The van der Waals surface area contributed by atoms with E-state index < -0.39 is 16.1 Å². The fraction of sp³-hybridized carbons (Fsp3) is 0.250. The first kappa shape index (κ1) is 21.5. The van der Waals surface area contributed by atoms with Crippen molar-refractivity contribution in [1.29, 1.82) is 0 Å². The molecular weight excluding hydrogens is 432 g/mol. The third-order valence-electron chi connectivity index (χ3n) is 5.90. The van der Waals surface area contributed by atoms with Gasteiger partial charge in [0.05, 0.1) is 16.0 Å². The first-order chi connectivity index (χ1) is 15.0. The molecule has 0 aliphatic heterocycles. The van der Waals surface area contributed by atoms with Crippen molar-refractivity contribution in [2.75, 3.05) is 5.32 Å². The van der Waals surface area contributed by atoms with Crippen molar-refractivity contribution in [2.24, 2.45) is 0 Å². The summed E-state index contributed by atoms with van der Waals surface area (Å²) in [5, 5.41) is 3.68. The summed E-state index contributed by atoms with van der Waals surface area (Å²) in [5.74, 6) is 0.415. The molecule has 1 N–H and O–H groups in total. The average molecular weight is 455 g/mol. The molecule has 1 aromatic heterocycles. The molecule has 3 aromatic rings. The van der Waals surface area contributed by atoms with Gasteiger partial charge in [0.1, 0.15) is 5.82 Å². The zero-order valence-electron chi connectivity index (χ0n) is 16.9. The van der Waals surface area contributed by atoms with Crippen LogP contribution in [-0.4, -0.2) is 19.3 Å². The molecule has 0 spiro atoms. The summed E-state index contributed by atoms with van der Waals surface area (Å²) in [5.41, 5.74) is 1.82. The topological polar surface area (TPSA) is 76.1 Å². The van der Waals surface area contributed by atoms with Gasteiger partial charge in [0.2, 0.25) is 5.91 Å². The quantitative estimate of drug-likeness (QED) is 0.518. The molecule has 0 bridgehead atoms. The number of carbonyl (C=O) groups excluding carboxylic acids is 1. The number of hydrogen-bond acceptors (Lipinski definition) is 4. The van der Waals surface area contributed by atoms with Crippen molar-refractivity contribution in [1.82, 2.24) is 4.98 Å². The smallest absolute Gasteiger partial charge is 0.236 e. The van der Waals surface area contributed by atoms with Crippen molar-refractivity contribution in [3.8, 4) is 11.3 Å². The van der Waals surface area contributed by atoms with Gasteiger partial charge >= 0.3 is 0 Å². The van der Waals surface area contributed by atoms with Gasteiger partial charge in [-0.05, 0) is 54.8 Å². The minimum Gasteiger partial charge on any atom is -0.310 e. The maximum Gasteiger partial charge on any atom is 0.236 e. The molecule has 0 atom stereocenters. The third-order valence-corrected chi connectivity index (χ3v) is 6.87. The number of rotatable bonds is 5. The zero-order chi connectivity index (χ0) is 21.8. The molecule has 2 aromatic carbocycles. The lowest BCUT2D eigenvalue weighted by Gasteiger charge is -2.36. The number of nitrogens with one attached hydrogen (secondary N) is 1. The molecule has 1 saturated carbocycles. The summed E-state index contributed by atoms with van der Waals surface area (Å²) in [6.07, 6.45) is 4.70. The molecule has 1 amide bonds. The summed E-state index contributed by atoms with van der Waals surface area (Å²) in [6.45, 7) is 0. The maximum atomic E-state index is 13.5. The second-order valence-corrected chi connectivity index (χ2v) is 9.28. The molecule has 0 unspecified atom stereocenters. The van der Waals surface area contributed by atoms with Crippen molar-refractivity contribution in [2.45, 2.75) is 42.4 Å². The molecule has 4 rings (SSSR count). The van der Waals surface area contributed by atoms with Gasteiger partial charge in [-0.15, -0.1) is 0 Å². The van der Waals surface area contributed by atoms with Crippen molar-refractivity contribution >= 4 is 34.0 Å². The van der Waals surface area contributed by atoms with Crippen molar-refractivity contribution in [3.63, 3.8) is 0 Å². The highest BCUT2D eigenvalue weighted by Crippen LogP contribution is 2.40. The van der Waals surface area contributed by atoms with Gasteiger partial charge in [0.15, 0.2) is 10.7 Å². The minimum atomic E-state index is -2.62. The first-order valence-electron chi connectivity index (χ1n) is 10.3. The Morgan fingerprint density at radius 1 is 0.903 bits per heavy atom. The lowest BCUT2D eigenvalue weighted by molar-refractivity contribution is -0.122. The van der Waals surface area contributed by atoms with Crippen LogP contribution in [0.15, 0.2) is 71.6 Å². The number of nitrogens with zero attached hydrogens (tertiary/aromatic N) is 1. The highest BCUT2D eigenvalue weighted by atomic mass is 35.5. The molecule has 1 aliphatic carbocycles. The third kappa shape index (κ3) is 4.65. The van der Waals surface area contributed by atoms with E-state index >= 15 is 0 Å². The fourth-order valence-electron chi connectivity index (χ4n) is 4.23. The highest BCUT2D eigenvalue weighted by Gasteiger charge is 2.41. The molecule has 160 valence electrons. The Kier molecular flexibility index (Phi) is 6.39. The number of amides is 1. The highest BCUT2D eigenvalue weighted by molar-refractivity contribution is 7.72. The minimum absolute atomic E-state index is 0.0575. The zero-order valence-corrected chi connectivity index (χ0v) is 18.5. The Morgan fingerprint density at radius 2 is 1.58 bits per heavy atom. The van der Waals surface area contributed by atoms with Crippen LogP contribution < -0.4 is 5.32 Å². The molecule has 31 heavy (non-hydrogen) atoms. The predicted octanol–water partition coefficient (Wildman–Crippen LogP) is 5.21.